The van der Waals surface area contributed by atoms with E-state index >= 15 is 0 Å². The minimum atomic E-state index is -0.757. The smallest absolute Gasteiger partial charge is 0.379 e. The van der Waals surface area contributed by atoms with E-state index in [1.807, 2.05) is 18.2 Å². The molecule has 0 radical (unpaired) electrons. The zero-order chi connectivity index (χ0) is 30.4. The Bertz CT molecular complexity index is 1760. The second-order valence-electron chi connectivity index (χ2n) is 11.4. The first-order valence-corrected chi connectivity index (χ1v) is 14.5. The van der Waals surface area contributed by atoms with E-state index in [9.17, 15) is 24.0 Å². The summed E-state index contributed by atoms with van der Waals surface area (Å²) in [7, 11) is 0. The molecule has 0 unspecified atom stereocenters. The van der Waals surface area contributed by atoms with Gasteiger partial charge in [-0.1, -0.05) is 36.4 Å². The van der Waals surface area contributed by atoms with Crippen LogP contribution in [0.15, 0.2) is 102 Å². The Morgan fingerprint density at radius 3 is 2.30 bits per heavy atom. The highest BCUT2D eigenvalue weighted by atomic mass is 16.5. The molecule has 1 saturated heterocycles. The molecule has 1 aliphatic heterocycles. The molecule has 2 heterocycles. The van der Waals surface area contributed by atoms with E-state index in [1.165, 1.54) is 59.2 Å². The van der Waals surface area contributed by atoms with E-state index in [1.54, 1.807) is 18.2 Å². The maximum atomic E-state index is 13.7. The van der Waals surface area contributed by atoms with Gasteiger partial charge in [-0.3, -0.25) is 19.3 Å². The lowest BCUT2D eigenvalue weighted by molar-refractivity contribution is -0.123. The Balaban J connectivity index is 0.991. The number of Topliss-reactive ketones (excluding diaryl/α,β-unsaturated/α-hetero) is 1. The summed E-state index contributed by atoms with van der Waals surface area (Å²) >= 11 is 0. The van der Waals surface area contributed by atoms with Crippen LogP contribution >= 0.6 is 0 Å². The number of hydrogen-bond donors (Lipinski definition) is 0. The molecule has 7 rings (SSSR count). The molecule has 3 fully saturated rings. The summed E-state index contributed by atoms with van der Waals surface area (Å²) in [6, 6.07) is 25.2. The summed E-state index contributed by atoms with van der Waals surface area (Å²) in [6.07, 6.45) is 3.12. The number of anilines is 1. The third kappa shape index (κ3) is 4.80. The zero-order valence-corrected chi connectivity index (χ0v) is 23.5. The monoisotopic (exact) mass is 589 g/mol. The number of carbonyl (C=O) groups is 5. The molecule has 2 saturated carbocycles. The maximum absolute atomic E-state index is 13.7. The average Bonchev–Trinajstić information content (AvgIpc) is 3.85. The first kappa shape index (κ1) is 27.5. The highest BCUT2D eigenvalue weighted by Gasteiger charge is 2.64. The van der Waals surface area contributed by atoms with Gasteiger partial charge < -0.3 is 13.9 Å². The average molecular weight is 590 g/mol. The zero-order valence-electron chi connectivity index (χ0n) is 23.5. The van der Waals surface area contributed by atoms with Gasteiger partial charge in [-0.05, 0) is 90.8 Å². The number of ketones is 1. The number of rotatable bonds is 8. The summed E-state index contributed by atoms with van der Waals surface area (Å²) in [5.41, 5.74) is 1.91. The van der Waals surface area contributed by atoms with Crippen molar-refractivity contribution < 1.29 is 37.9 Å². The van der Waals surface area contributed by atoms with Crippen LogP contribution in [0.4, 0.5) is 5.69 Å². The summed E-state index contributed by atoms with van der Waals surface area (Å²) in [5, 5.41) is 0. The van der Waals surface area contributed by atoms with Gasteiger partial charge in [-0.2, -0.15) is 0 Å². The number of carbonyl (C=O) groups excluding carboxylic acids is 5. The highest BCUT2D eigenvalue weighted by Crippen LogP contribution is 2.61. The van der Waals surface area contributed by atoms with Gasteiger partial charge in [0.1, 0.15) is 5.75 Å². The molecule has 4 aromatic rings. The van der Waals surface area contributed by atoms with E-state index in [-0.39, 0.29) is 64.0 Å². The quantitative estimate of drug-likeness (QED) is 0.115. The van der Waals surface area contributed by atoms with Crippen molar-refractivity contribution in [3.63, 3.8) is 0 Å². The van der Waals surface area contributed by atoms with Gasteiger partial charge in [-0.15, -0.1) is 0 Å². The molecular weight excluding hydrogens is 562 g/mol. The molecule has 2 aliphatic carbocycles. The Morgan fingerprint density at radius 1 is 0.773 bits per heavy atom. The number of hydrogen-bond acceptors (Lipinski definition) is 8. The first-order chi connectivity index (χ1) is 21.4. The maximum Gasteiger partial charge on any atom is 0.379 e. The van der Waals surface area contributed by atoms with Crippen molar-refractivity contribution in [1.82, 2.24) is 0 Å². The van der Waals surface area contributed by atoms with E-state index in [4.69, 9.17) is 13.9 Å². The fraction of sp³-hybridized carbons (Fsp3) is 0.229. The molecule has 2 bridgehead atoms. The van der Waals surface area contributed by atoms with E-state index in [0.29, 0.717) is 5.69 Å². The van der Waals surface area contributed by atoms with Crippen molar-refractivity contribution in [2.24, 2.45) is 23.7 Å². The number of esters is 2. The minimum absolute atomic E-state index is 0.0475. The van der Waals surface area contributed by atoms with E-state index in [0.717, 1.165) is 12.8 Å². The Labute approximate surface area is 252 Å². The van der Waals surface area contributed by atoms with Gasteiger partial charge in [0.2, 0.25) is 17.6 Å². The van der Waals surface area contributed by atoms with Crippen LogP contribution in [0.3, 0.4) is 0 Å². The molecule has 220 valence electrons. The minimum Gasteiger partial charge on any atom is -0.457 e. The highest BCUT2D eigenvalue weighted by molar-refractivity contribution is 6.23. The second kappa shape index (κ2) is 11.1. The van der Waals surface area contributed by atoms with Crippen LogP contribution in [0.1, 0.15) is 55.6 Å². The number of ether oxygens (including phenoxy) is 2. The van der Waals surface area contributed by atoms with Crippen molar-refractivity contribution in [1.29, 1.82) is 0 Å². The predicted octanol–water partition coefficient (Wildman–Crippen LogP) is 5.47. The summed E-state index contributed by atoms with van der Waals surface area (Å²) in [5.74, 6) is -2.21. The lowest BCUT2D eigenvalue weighted by atomic mass is 9.73. The lowest BCUT2D eigenvalue weighted by Gasteiger charge is -2.28. The summed E-state index contributed by atoms with van der Waals surface area (Å²) in [4.78, 5) is 66.0. The molecule has 3 aromatic carbocycles. The third-order valence-electron chi connectivity index (χ3n) is 9.03. The number of benzene rings is 3. The van der Waals surface area contributed by atoms with Crippen LogP contribution in [-0.2, 0) is 14.3 Å². The summed E-state index contributed by atoms with van der Waals surface area (Å²) in [6.45, 7) is -0.523. The predicted molar refractivity (Wildman–Crippen MR) is 156 cm³/mol. The van der Waals surface area contributed by atoms with Crippen molar-refractivity contribution in [2.45, 2.75) is 18.8 Å². The second-order valence-corrected chi connectivity index (χ2v) is 11.4. The van der Waals surface area contributed by atoms with Crippen molar-refractivity contribution >= 4 is 35.2 Å². The SMILES string of the molecule is O=C(COC(=O)c1cccc(N2C(=O)[C@H]3[C@@H]4C[C@@H]([C@@H]3C2=O)[C@H](c2ccccc2)C4)c1)c1ccc(OC(=O)c2ccco2)cc1. The van der Waals surface area contributed by atoms with Gasteiger partial charge in [0.25, 0.3) is 0 Å². The molecule has 1 aromatic heterocycles. The molecule has 9 nitrogen and oxygen atoms in total. The number of nitrogens with zero attached hydrogens (tertiary/aromatic N) is 1. The number of furan rings is 1. The molecule has 9 heteroatoms. The largest absolute Gasteiger partial charge is 0.457 e. The standard InChI is InChI=1S/C35H27NO8/c37-28(21-11-13-25(14-12-21)44-35(41)29-10-5-15-42-29)19-43-34(40)22-8-4-9-24(16-22)36-32(38)30-23-17-26(20-6-2-1-3-7-20)27(18-23)31(30)33(36)39/h1-16,23,26-27,30-31H,17-19H2/t23-,26-,27+,30-,31-/m0/s1. The van der Waals surface area contributed by atoms with Gasteiger partial charge >= 0.3 is 11.9 Å². The number of amides is 2. The fourth-order valence-electron chi connectivity index (χ4n) is 7.13. The molecule has 44 heavy (non-hydrogen) atoms. The molecule has 5 atom stereocenters. The Morgan fingerprint density at radius 2 is 1.55 bits per heavy atom. The number of fused-ring (bicyclic) bond motifs is 5. The van der Waals surface area contributed by atoms with E-state index < -0.39 is 24.3 Å². The van der Waals surface area contributed by atoms with Gasteiger partial charge in [0.15, 0.2) is 12.4 Å². The molecule has 0 N–H and O–H groups in total. The van der Waals surface area contributed by atoms with E-state index in [2.05, 4.69) is 12.1 Å². The number of imide groups is 1. The van der Waals surface area contributed by atoms with Crippen LogP contribution in [0, 0.1) is 23.7 Å². The summed E-state index contributed by atoms with van der Waals surface area (Å²) < 4.78 is 15.5. The van der Waals surface area contributed by atoms with Gasteiger partial charge in [-0.25, -0.2) is 9.59 Å². The van der Waals surface area contributed by atoms with Gasteiger partial charge in [0, 0.05) is 5.56 Å². The van der Waals surface area contributed by atoms with Crippen LogP contribution in [0.2, 0.25) is 0 Å². The molecule has 3 aliphatic rings. The first-order valence-electron chi connectivity index (χ1n) is 14.5. The van der Waals surface area contributed by atoms with Crippen LogP contribution in [0.25, 0.3) is 0 Å². The van der Waals surface area contributed by atoms with Crippen molar-refractivity contribution in [3.8, 4) is 5.75 Å². The van der Waals surface area contributed by atoms with Crippen LogP contribution in [-0.4, -0.2) is 36.1 Å². The van der Waals surface area contributed by atoms with Gasteiger partial charge in [0.05, 0.1) is 29.3 Å². The van der Waals surface area contributed by atoms with Crippen LogP contribution in [0.5, 0.6) is 5.75 Å². The Kier molecular flexibility index (Phi) is 6.93. The lowest BCUT2D eigenvalue weighted by Crippen LogP contribution is -2.33. The van der Waals surface area contributed by atoms with Crippen molar-refractivity contribution in [2.75, 3.05) is 11.5 Å². The third-order valence-corrected chi connectivity index (χ3v) is 9.03. The normalized spacial score (nSPS) is 23.5. The molecule has 2 amide bonds. The molecular formula is C35H27NO8. The molecule has 0 spiro atoms. The fourth-order valence-corrected chi connectivity index (χ4v) is 7.13. The topological polar surface area (TPSA) is 120 Å². The van der Waals surface area contributed by atoms with Crippen molar-refractivity contribution in [3.05, 3.63) is 120 Å². The van der Waals surface area contributed by atoms with Crippen LogP contribution < -0.4 is 9.64 Å². The Hall–Kier alpha value is -5.31.